The van der Waals surface area contributed by atoms with Crippen LogP contribution in [0.5, 0.6) is 5.75 Å². The summed E-state index contributed by atoms with van der Waals surface area (Å²) in [7, 11) is 1.60. The molecule has 0 saturated carbocycles. The molecule has 3 aromatic carbocycles. The van der Waals surface area contributed by atoms with E-state index in [1.807, 2.05) is 48.5 Å². The standard InChI is InChI=1S/C22H22N2O4/c1-28-22-10-9-16(11-17-5-2-3-6-19(17)14-23-15-25)12-21(22)18-7-4-8-20(13-18)24(26)27/h2-10,12-13,15,24,26H,11,14H2,1H3,(H,23,25). The third-order valence-electron chi connectivity index (χ3n) is 4.57. The molecule has 1 atom stereocenters. The molecule has 3 N–H and O–H groups in total. The van der Waals surface area contributed by atoms with Crippen molar-refractivity contribution in [1.29, 1.82) is 0 Å². The number of rotatable bonds is 8. The van der Waals surface area contributed by atoms with Gasteiger partial charge in [0, 0.05) is 24.2 Å². The van der Waals surface area contributed by atoms with Crippen LogP contribution in [-0.4, -0.2) is 18.7 Å². The maximum atomic E-state index is 11.3. The van der Waals surface area contributed by atoms with Gasteiger partial charge in [-0.1, -0.05) is 42.5 Å². The lowest BCUT2D eigenvalue weighted by molar-refractivity contribution is -0.991. The number of hydrogen-bond donors (Lipinski definition) is 3. The lowest BCUT2D eigenvalue weighted by Crippen LogP contribution is -2.99. The van der Waals surface area contributed by atoms with Crippen LogP contribution in [-0.2, 0) is 17.8 Å². The molecule has 144 valence electrons. The number of hydrogen-bond acceptors (Lipinski definition) is 4. The minimum atomic E-state index is -0.964. The summed E-state index contributed by atoms with van der Waals surface area (Å²) in [6.07, 6.45) is 1.38. The van der Waals surface area contributed by atoms with Crippen LogP contribution >= 0.6 is 0 Å². The van der Waals surface area contributed by atoms with Crippen molar-refractivity contribution < 1.29 is 20.0 Å². The van der Waals surface area contributed by atoms with E-state index in [-0.39, 0.29) is 5.69 Å². The highest BCUT2D eigenvalue weighted by Gasteiger charge is 2.11. The fourth-order valence-electron chi connectivity index (χ4n) is 3.18. The Balaban J connectivity index is 1.96. The van der Waals surface area contributed by atoms with E-state index < -0.39 is 5.23 Å². The van der Waals surface area contributed by atoms with Gasteiger partial charge in [-0.2, -0.15) is 5.23 Å². The molecule has 0 aliphatic rings. The predicted octanol–water partition coefficient (Wildman–Crippen LogP) is 2.60. The quantitative estimate of drug-likeness (QED) is 0.415. The molecule has 0 aliphatic heterocycles. The molecule has 0 spiro atoms. The lowest BCUT2D eigenvalue weighted by atomic mass is 9.96. The van der Waals surface area contributed by atoms with Crippen LogP contribution in [0.3, 0.4) is 0 Å². The fourth-order valence-corrected chi connectivity index (χ4v) is 3.18. The third kappa shape index (κ3) is 4.55. The first kappa shape index (κ1) is 19.6. The molecule has 3 rings (SSSR count). The minimum absolute atomic E-state index is 0.232. The van der Waals surface area contributed by atoms with Gasteiger partial charge in [0.15, 0.2) is 5.69 Å². The van der Waals surface area contributed by atoms with Gasteiger partial charge in [-0.05, 0) is 40.8 Å². The molecule has 1 amide bonds. The van der Waals surface area contributed by atoms with Crippen molar-refractivity contribution in [2.75, 3.05) is 7.11 Å². The molecular weight excluding hydrogens is 356 g/mol. The van der Waals surface area contributed by atoms with Crippen LogP contribution in [0.4, 0.5) is 5.69 Å². The van der Waals surface area contributed by atoms with Crippen molar-refractivity contribution >= 4 is 12.1 Å². The van der Waals surface area contributed by atoms with Crippen LogP contribution in [0.25, 0.3) is 11.1 Å². The second-order valence-corrected chi connectivity index (χ2v) is 6.36. The number of amides is 1. The zero-order valence-corrected chi connectivity index (χ0v) is 15.5. The topological polar surface area (TPSA) is 86.1 Å². The minimum Gasteiger partial charge on any atom is -0.595 e. The normalized spacial score (nSPS) is 11.7. The first-order chi connectivity index (χ1) is 13.6. The summed E-state index contributed by atoms with van der Waals surface area (Å²) in [5.41, 5.74) is 5.10. The Morgan fingerprint density at radius 3 is 2.57 bits per heavy atom. The van der Waals surface area contributed by atoms with E-state index in [1.165, 1.54) is 0 Å². The fraction of sp³-hybridized carbons (Fsp3) is 0.136. The Bertz CT molecular complexity index is 957. The summed E-state index contributed by atoms with van der Waals surface area (Å²) in [4.78, 5) is 10.6. The highest BCUT2D eigenvalue weighted by molar-refractivity contribution is 5.73. The van der Waals surface area contributed by atoms with E-state index in [9.17, 15) is 15.2 Å². The van der Waals surface area contributed by atoms with Crippen LogP contribution < -0.4 is 15.3 Å². The van der Waals surface area contributed by atoms with E-state index >= 15 is 0 Å². The summed E-state index contributed by atoms with van der Waals surface area (Å²) in [5.74, 6) is 0.683. The predicted molar refractivity (Wildman–Crippen MR) is 106 cm³/mol. The number of quaternary nitrogens is 1. The number of carbonyl (C=O) groups is 1. The smallest absolute Gasteiger partial charge is 0.207 e. The van der Waals surface area contributed by atoms with E-state index in [0.717, 1.165) is 27.8 Å². The highest BCUT2D eigenvalue weighted by atomic mass is 16.8. The van der Waals surface area contributed by atoms with Crippen molar-refractivity contribution in [2.24, 2.45) is 0 Å². The van der Waals surface area contributed by atoms with E-state index in [1.54, 1.807) is 25.3 Å². The largest absolute Gasteiger partial charge is 0.595 e. The van der Waals surface area contributed by atoms with Gasteiger partial charge < -0.3 is 15.3 Å². The van der Waals surface area contributed by atoms with Gasteiger partial charge in [0.1, 0.15) is 5.75 Å². The Labute approximate surface area is 163 Å². The van der Waals surface area contributed by atoms with Crippen LogP contribution in [0.1, 0.15) is 16.7 Å². The summed E-state index contributed by atoms with van der Waals surface area (Å²) in [6, 6.07) is 20.7. The Hall–Kier alpha value is -3.19. The molecule has 0 radical (unpaired) electrons. The first-order valence-electron chi connectivity index (χ1n) is 8.87. The summed E-state index contributed by atoms with van der Waals surface area (Å²) in [6.45, 7) is 0.476. The molecule has 0 saturated heterocycles. The summed E-state index contributed by atoms with van der Waals surface area (Å²) >= 11 is 0. The zero-order valence-electron chi connectivity index (χ0n) is 15.5. The number of methoxy groups -OCH3 is 1. The maximum absolute atomic E-state index is 11.3. The number of carbonyl (C=O) groups excluding carboxylic acids is 1. The monoisotopic (exact) mass is 378 g/mol. The molecule has 1 unspecified atom stereocenters. The Morgan fingerprint density at radius 2 is 1.86 bits per heavy atom. The van der Waals surface area contributed by atoms with Crippen molar-refractivity contribution in [1.82, 2.24) is 5.32 Å². The molecule has 0 aromatic heterocycles. The number of nitrogens with one attached hydrogen (secondary N) is 2. The van der Waals surface area contributed by atoms with Gasteiger partial charge in [0.25, 0.3) is 0 Å². The van der Waals surface area contributed by atoms with Crippen molar-refractivity contribution in [2.45, 2.75) is 13.0 Å². The second-order valence-electron chi connectivity index (χ2n) is 6.36. The van der Waals surface area contributed by atoms with Gasteiger partial charge in [0.2, 0.25) is 6.41 Å². The maximum Gasteiger partial charge on any atom is 0.207 e. The van der Waals surface area contributed by atoms with Gasteiger partial charge in [0.05, 0.1) is 7.11 Å². The molecule has 0 bridgehead atoms. The third-order valence-corrected chi connectivity index (χ3v) is 4.57. The lowest BCUT2D eigenvalue weighted by Gasteiger charge is -2.15. The number of benzene rings is 3. The molecule has 0 heterocycles. The van der Waals surface area contributed by atoms with Crippen molar-refractivity contribution in [3.05, 3.63) is 88.6 Å². The van der Waals surface area contributed by atoms with Gasteiger partial charge in [-0.25, -0.2) is 5.21 Å². The van der Waals surface area contributed by atoms with Crippen LogP contribution in [0.15, 0.2) is 66.7 Å². The zero-order chi connectivity index (χ0) is 19.9. The average molecular weight is 378 g/mol. The molecule has 0 fully saturated rings. The average Bonchev–Trinajstić information content (AvgIpc) is 2.73. The summed E-state index contributed by atoms with van der Waals surface area (Å²) < 4.78 is 5.49. The molecule has 0 aliphatic carbocycles. The van der Waals surface area contributed by atoms with Gasteiger partial charge in [-0.15, -0.1) is 0 Å². The van der Waals surface area contributed by atoms with Crippen LogP contribution in [0.2, 0.25) is 0 Å². The molecule has 28 heavy (non-hydrogen) atoms. The Kier molecular flexibility index (Phi) is 6.39. The van der Waals surface area contributed by atoms with Crippen molar-refractivity contribution in [3.8, 4) is 16.9 Å². The van der Waals surface area contributed by atoms with E-state index in [2.05, 4.69) is 5.32 Å². The highest BCUT2D eigenvalue weighted by Crippen LogP contribution is 2.32. The van der Waals surface area contributed by atoms with E-state index in [4.69, 9.17) is 4.74 Å². The summed E-state index contributed by atoms with van der Waals surface area (Å²) in [5, 5.41) is 22.3. The van der Waals surface area contributed by atoms with Crippen molar-refractivity contribution in [3.63, 3.8) is 0 Å². The van der Waals surface area contributed by atoms with Crippen LogP contribution in [0, 0.1) is 5.21 Å². The SMILES string of the molecule is COc1ccc(Cc2ccccc2CNC=O)cc1-c1cccc([NH+]([O-])O)c1. The molecular formula is C22H22N2O4. The molecule has 6 heteroatoms. The first-order valence-corrected chi connectivity index (χ1v) is 8.87. The number of ether oxygens (including phenoxy) is 1. The van der Waals surface area contributed by atoms with E-state index in [0.29, 0.717) is 25.1 Å². The molecule has 3 aromatic rings. The van der Waals surface area contributed by atoms with Gasteiger partial charge >= 0.3 is 0 Å². The molecule has 6 nitrogen and oxygen atoms in total. The Morgan fingerprint density at radius 1 is 1.07 bits per heavy atom. The second kappa shape index (κ2) is 9.14. The van der Waals surface area contributed by atoms with Gasteiger partial charge in [-0.3, -0.25) is 4.79 Å².